The van der Waals surface area contributed by atoms with E-state index in [2.05, 4.69) is 11.1 Å². The highest BCUT2D eigenvalue weighted by Crippen LogP contribution is 2.26. The lowest BCUT2D eigenvalue weighted by Gasteiger charge is -2.04. The first-order chi connectivity index (χ1) is 9.56. The number of aromatic carboxylic acids is 1. The Morgan fingerprint density at radius 1 is 1.55 bits per heavy atom. The van der Waals surface area contributed by atoms with Gasteiger partial charge in [-0.3, -0.25) is 9.36 Å². The van der Waals surface area contributed by atoms with Gasteiger partial charge in [0.2, 0.25) is 0 Å². The molecule has 0 radical (unpaired) electrons. The van der Waals surface area contributed by atoms with Gasteiger partial charge < -0.3 is 5.11 Å². The van der Waals surface area contributed by atoms with Gasteiger partial charge >= 0.3 is 5.97 Å². The topological polar surface area (TPSA) is 96.0 Å². The Bertz CT molecular complexity index is 755. The van der Waals surface area contributed by atoms with E-state index < -0.39 is 5.97 Å². The van der Waals surface area contributed by atoms with Crippen LogP contribution in [0.5, 0.6) is 0 Å². The number of hydrogen-bond acceptors (Lipinski definition) is 5. The monoisotopic (exact) mass is 291 g/mol. The summed E-state index contributed by atoms with van der Waals surface area (Å²) in [6, 6.07) is 2.06. The normalized spacial score (nSPS) is 10.6. The van der Waals surface area contributed by atoms with Crippen molar-refractivity contribution in [2.75, 3.05) is 0 Å². The van der Waals surface area contributed by atoms with E-state index in [0.717, 1.165) is 24.2 Å². The molecule has 104 valence electrons. The average Bonchev–Trinajstić information content (AvgIpc) is 2.75. The number of nitrogens with zero attached hydrogens (tertiary/aromatic N) is 3. The minimum Gasteiger partial charge on any atom is -0.477 e. The largest absolute Gasteiger partial charge is 0.477 e. The number of hydrogen-bond donors (Lipinski definition) is 1. The molecule has 0 unspecified atom stereocenters. The summed E-state index contributed by atoms with van der Waals surface area (Å²) in [6.07, 6.45) is 3.35. The number of thiophene rings is 1. The third-order valence-corrected chi connectivity index (χ3v) is 4.24. The molecule has 0 amide bonds. The molecule has 1 N–H and O–H groups in total. The van der Waals surface area contributed by atoms with E-state index >= 15 is 0 Å². The second kappa shape index (κ2) is 5.84. The smallest absolute Gasteiger partial charge is 0.346 e. The lowest BCUT2D eigenvalue weighted by atomic mass is 10.2. The molecule has 0 saturated carbocycles. The van der Waals surface area contributed by atoms with Crippen molar-refractivity contribution in [2.45, 2.75) is 32.7 Å². The van der Waals surface area contributed by atoms with E-state index in [0.29, 0.717) is 28.7 Å². The molecular formula is C13H13N3O3S. The van der Waals surface area contributed by atoms with Gasteiger partial charge in [0.25, 0.3) is 5.56 Å². The van der Waals surface area contributed by atoms with Crippen LogP contribution >= 0.6 is 11.3 Å². The minimum absolute atomic E-state index is 0.159. The molecule has 7 heteroatoms. The molecule has 0 bridgehead atoms. The van der Waals surface area contributed by atoms with Crippen molar-refractivity contribution in [3.8, 4) is 6.07 Å². The Labute approximate surface area is 118 Å². The third kappa shape index (κ3) is 2.56. The molecule has 20 heavy (non-hydrogen) atoms. The van der Waals surface area contributed by atoms with Gasteiger partial charge in [0.1, 0.15) is 9.71 Å². The quantitative estimate of drug-likeness (QED) is 0.851. The van der Waals surface area contributed by atoms with Crippen LogP contribution in [0.1, 0.15) is 34.5 Å². The zero-order valence-electron chi connectivity index (χ0n) is 10.9. The van der Waals surface area contributed by atoms with Gasteiger partial charge in [-0.1, -0.05) is 0 Å². The molecule has 0 aliphatic heterocycles. The van der Waals surface area contributed by atoms with Gasteiger partial charge in [-0.25, -0.2) is 9.78 Å². The molecule has 0 atom stereocenters. The zero-order chi connectivity index (χ0) is 14.7. The van der Waals surface area contributed by atoms with Crippen molar-refractivity contribution in [3.05, 3.63) is 27.1 Å². The van der Waals surface area contributed by atoms with Crippen LogP contribution in [0.3, 0.4) is 0 Å². The van der Waals surface area contributed by atoms with E-state index in [9.17, 15) is 9.59 Å². The first kappa shape index (κ1) is 14.2. The number of rotatable bonds is 5. The maximum atomic E-state index is 12.3. The van der Waals surface area contributed by atoms with Crippen LogP contribution in [-0.4, -0.2) is 20.6 Å². The molecule has 0 aliphatic rings. The van der Waals surface area contributed by atoms with Crippen molar-refractivity contribution >= 4 is 27.5 Å². The third-order valence-electron chi connectivity index (χ3n) is 3.05. The predicted molar refractivity (Wildman–Crippen MR) is 75.0 cm³/mol. The fourth-order valence-corrected chi connectivity index (χ4v) is 2.99. The molecule has 0 aromatic carbocycles. The van der Waals surface area contributed by atoms with Gasteiger partial charge in [0.05, 0.1) is 17.8 Å². The number of aryl methyl sites for hydroxylation is 2. The molecule has 0 saturated heterocycles. The summed E-state index contributed by atoms with van der Waals surface area (Å²) in [5.74, 6) is -1.04. The zero-order valence-corrected chi connectivity index (χ0v) is 11.7. The predicted octanol–water partition coefficient (Wildman–Crippen LogP) is 2.16. The molecule has 6 nitrogen and oxygen atoms in total. The van der Waals surface area contributed by atoms with Crippen LogP contribution in [0.4, 0.5) is 0 Å². The van der Waals surface area contributed by atoms with E-state index in [1.165, 1.54) is 10.9 Å². The van der Waals surface area contributed by atoms with Crippen molar-refractivity contribution < 1.29 is 9.90 Å². The number of unbranched alkanes of at least 4 members (excludes halogenated alkanes) is 2. The summed E-state index contributed by atoms with van der Waals surface area (Å²) in [5.41, 5.74) is 0.259. The van der Waals surface area contributed by atoms with Gasteiger partial charge in [-0.15, -0.1) is 11.3 Å². The lowest BCUT2D eigenvalue weighted by Crippen LogP contribution is -2.20. The SMILES string of the molecule is Cc1c(C(=O)O)sc2ncn(CCCCC#N)c(=O)c12. The van der Waals surface area contributed by atoms with Crippen molar-refractivity contribution in [2.24, 2.45) is 0 Å². The molecule has 2 heterocycles. The molecule has 2 aromatic heterocycles. The summed E-state index contributed by atoms with van der Waals surface area (Å²) in [6.45, 7) is 2.12. The highest BCUT2D eigenvalue weighted by molar-refractivity contribution is 7.20. The lowest BCUT2D eigenvalue weighted by molar-refractivity contribution is 0.0701. The number of aromatic nitrogens is 2. The molecular weight excluding hydrogens is 278 g/mol. The summed E-state index contributed by atoms with van der Waals surface area (Å²) >= 11 is 1.02. The Kier molecular flexibility index (Phi) is 4.15. The second-order valence-corrected chi connectivity index (χ2v) is 5.40. The summed E-state index contributed by atoms with van der Waals surface area (Å²) in [5, 5.41) is 17.9. The molecule has 0 spiro atoms. The summed E-state index contributed by atoms with van der Waals surface area (Å²) in [7, 11) is 0. The van der Waals surface area contributed by atoms with Crippen LogP contribution in [0.15, 0.2) is 11.1 Å². The second-order valence-electron chi connectivity index (χ2n) is 4.40. The van der Waals surface area contributed by atoms with Gasteiger partial charge in [0.15, 0.2) is 0 Å². The fourth-order valence-electron chi connectivity index (χ4n) is 2.01. The average molecular weight is 291 g/mol. The Morgan fingerprint density at radius 3 is 2.95 bits per heavy atom. The van der Waals surface area contributed by atoms with E-state index in [-0.39, 0.29) is 10.4 Å². The summed E-state index contributed by atoms with van der Waals surface area (Å²) < 4.78 is 1.48. The first-order valence-corrected chi connectivity index (χ1v) is 6.96. The molecule has 2 rings (SSSR count). The Hall–Kier alpha value is -2.20. The number of carboxylic acids is 1. The number of fused-ring (bicyclic) bond motifs is 1. The van der Waals surface area contributed by atoms with Crippen LogP contribution < -0.4 is 5.56 Å². The number of nitriles is 1. The van der Waals surface area contributed by atoms with Gasteiger partial charge in [0, 0.05) is 13.0 Å². The molecule has 2 aromatic rings. The minimum atomic E-state index is -1.04. The number of carboxylic acid groups (broad SMARTS) is 1. The van der Waals surface area contributed by atoms with Crippen LogP contribution in [-0.2, 0) is 6.54 Å². The van der Waals surface area contributed by atoms with Crippen molar-refractivity contribution in [1.82, 2.24) is 9.55 Å². The molecule has 0 fully saturated rings. The van der Waals surface area contributed by atoms with Crippen molar-refractivity contribution in [1.29, 1.82) is 5.26 Å². The Balaban J connectivity index is 2.38. The standard InChI is InChI=1S/C13H13N3O3S/c1-8-9-11(20-10(8)13(18)19)15-7-16(12(9)17)6-4-2-3-5-14/h7H,2-4,6H2,1H3,(H,18,19). The number of carbonyl (C=O) groups is 1. The van der Waals surface area contributed by atoms with E-state index in [1.807, 2.05) is 0 Å². The fraction of sp³-hybridized carbons (Fsp3) is 0.385. The van der Waals surface area contributed by atoms with Crippen LogP contribution in [0, 0.1) is 18.3 Å². The van der Waals surface area contributed by atoms with E-state index in [1.54, 1.807) is 6.92 Å². The highest BCUT2D eigenvalue weighted by Gasteiger charge is 2.18. The van der Waals surface area contributed by atoms with Crippen molar-refractivity contribution in [3.63, 3.8) is 0 Å². The maximum Gasteiger partial charge on any atom is 0.346 e. The van der Waals surface area contributed by atoms with Crippen LogP contribution in [0.2, 0.25) is 0 Å². The maximum absolute atomic E-state index is 12.3. The molecule has 0 aliphatic carbocycles. The van der Waals surface area contributed by atoms with Gasteiger partial charge in [-0.2, -0.15) is 5.26 Å². The Morgan fingerprint density at radius 2 is 2.30 bits per heavy atom. The van der Waals surface area contributed by atoms with Crippen LogP contribution in [0.25, 0.3) is 10.2 Å². The highest BCUT2D eigenvalue weighted by atomic mass is 32.1. The van der Waals surface area contributed by atoms with E-state index in [4.69, 9.17) is 10.4 Å². The summed E-state index contributed by atoms with van der Waals surface area (Å²) in [4.78, 5) is 28.2. The van der Waals surface area contributed by atoms with Gasteiger partial charge in [-0.05, 0) is 25.3 Å². The first-order valence-electron chi connectivity index (χ1n) is 6.15.